The van der Waals surface area contributed by atoms with Crippen LogP contribution < -0.4 is 5.32 Å². The van der Waals surface area contributed by atoms with Gasteiger partial charge in [0.2, 0.25) is 0 Å². The largest absolute Gasteiger partial charge is 0.507 e. The van der Waals surface area contributed by atoms with Crippen molar-refractivity contribution in [3.8, 4) is 5.75 Å². The van der Waals surface area contributed by atoms with Crippen molar-refractivity contribution >= 4 is 16.5 Å². The van der Waals surface area contributed by atoms with Gasteiger partial charge in [-0.2, -0.15) is 5.10 Å². The number of nitrogens with zero attached hydrogens (tertiary/aromatic N) is 2. The summed E-state index contributed by atoms with van der Waals surface area (Å²) in [7, 11) is 1.93. The van der Waals surface area contributed by atoms with E-state index in [1.54, 1.807) is 12.3 Å². The van der Waals surface area contributed by atoms with Crippen molar-refractivity contribution in [1.29, 1.82) is 0 Å². The summed E-state index contributed by atoms with van der Waals surface area (Å²) in [6.07, 6.45) is 1.79. The summed E-state index contributed by atoms with van der Waals surface area (Å²) in [6, 6.07) is 13.6. The van der Waals surface area contributed by atoms with Crippen molar-refractivity contribution in [3.05, 3.63) is 54.4 Å². The third kappa shape index (κ3) is 2.09. The minimum atomic E-state index is 0.135. The summed E-state index contributed by atoms with van der Waals surface area (Å²) in [5.74, 6) is 0.305. The molecule has 0 bridgehead atoms. The summed E-state index contributed by atoms with van der Waals surface area (Å²) >= 11 is 0. The number of anilines is 1. The van der Waals surface area contributed by atoms with Gasteiger partial charge in [0.15, 0.2) is 0 Å². The normalized spacial score (nSPS) is 12.5. The van der Waals surface area contributed by atoms with Gasteiger partial charge in [-0.15, -0.1) is 0 Å². The highest BCUT2D eigenvalue weighted by Gasteiger charge is 2.11. The minimum Gasteiger partial charge on any atom is -0.507 e. The van der Waals surface area contributed by atoms with E-state index in [2.05, 4.69) is 17.3 Å². The van der Waals surface area contributed by atoms with Gasteiger partial charge in [0.1, 0.15) is 5.75 Å². The van der Waals surface area contributed by atoms with Crippen molar-refractivity contribution in [2.45, 2.75) is 13.0 Å². The SMILES string of the molecule is CC(Nc1cccc2c(O)cccc12)c1ccnn1C. The average molecular weight is 267 g/mol. The topological polar surface area (TPSA) is 50.1 Å². The van der Waals surface area contributed by atoms with Crippen LogP contribution in [0.3, 0.4) is 0 Å². The Balaban J connectivity index is 1.99. The molecular weight excluding hydrogens is 250 g/mol. The fourth-order valence-corrected chi connectivity index (χ4v) is 2.54. The lowest BCUT2D eigenvalue weighted by Crippen LogP contribution is -2.11. The number of hydrogen-bond donors (Lipinski definition) is 2. The van der Waals surface area contributed by atoms with E-state index in [0.29, 0.717) is 5.75 Å². The van der Waals surface area contributed by atoms with E-state index in [0.717, 1.165) is 22.2 Å². The Morgan fingerprint density at radius 3 is 2.60 bits per heavy atom. The summed E-state index contributed by atoms with van der Waals surface area (Å²) in [5.41, 5.74) is 2.12. The Labute approximate surface area is 117 Å². The second-order valence-corrected chi connectivity index (χ2v) is 4.92. The quantitative estimate of drug-likeness (QED) is 0.764. The van der Waals surface area contributed by atoms with Crippen LogP contribution in [0.15, 0.2) is 48.7 Å². The van der Waals surface area contributed by atoms with E-state index in [1.165, 1.54) is 0 Å². The molecule has 20 heavy (non-hydrogen) atoms. The number of hydrogen-bond acceptors (Lipinski definition) is 3. The number of phenolic OH excluding ortho intramolecular Hbond substituents is 1. The lowest BCUT2D eigenvalue weighted by atomic mass is 10.1. The van der Waals surface area contributed by atoms with Gasteiger partial charge in [-0.25, -0.2) is 0 Å². The number of fused-ring (bicyclic) bond motifs is 1. The molecule has 4 nitrogen and oxygen atoms in total. The molecule has 1 aromatic heterocycles. The highest BCUT2D eigenvalue weighted by molar-refractivity contribution is 5.97. The van der Waals surface area contributed by atoms with Crippen LogP contribution in [-0.2, 0) is 7.05 Å². The molecule has 1 atom stereocenters. The van der Waals surface area contributed by atoms with Gasteiger partial charge < -0.3 is 10.4 Å². The van der Waals surface area contributed by atoms with Crippen LogP contribution >= 0.6 is 0 Å². The average Bonchev–Trinajstić information content (AvgIpc) is 2.86. The number of phenols is 1. The molecule has 3 aromatic rings. The third-order valence-corrected chi connectivity index (χ3v) is 3.57. The van der Waals surface area contributed by atoms with E-state index in [9.17, 15) is 5.11 Å². The number of benzene rings is 2. The van der Waals surface area contributed by atoms with Gasteiger partial charge >= 0.3 is 0 Å². The second kappa shape index (κ2) is 4.89. The van der Waals surface area contributed by atoms with Gasteiger partial charge in [0.05, 0.1) is 11.7 Å². The number of rotatable bonds is 3. The van der Waals surface area contributed by atoms with Crippen LogP contribution in [0.1, 0.15) is 18.7 Å². The maximum Gasteiger partial charge on any atom is 0.123 e. The van der Waals surface area contributed by atoms with Gasteiger partial charge in [-0.3, -0.25) is 4.68 Å². The molecule has 0 radical (unpaired) electrons. The molecule has 0 amide bonds. The second-order valence-electron chi connectivity index (χ2n) is 4.92. The lowest BCUT2D eigenvalue weighted by molar-refractivity contribution is 0.481. The third-order valence-electron chi connectivity index (χ3n) is 3.57. The Bertz CT molecular complexity index is 748. The molecule has 2 aromatic carbocycles. The molecule has 1 heterocycles. The lowest BCUT2D eigenvalue weighted by Gasteiger charge is -2.17. The molecule has 0 aliphatic heterocycles. The molecule has 0 spiro atoms. The van der Waals surface area contributed by atoms with E-state index < -0.39 is 0 Å². The Morgan fingerprint density at radius 2 is 1.85 bits per heavy atom. The maximum absolute atomic E-state index is 9.92. The molecule has 0 aliphatic rings. The first-order chi connectivity index (χ1) is 9.66. The predicted octanol–water partition coefficient (Wildman–Crippen LogP) is 3.45. The molecule has 2 N–H and O–H groups in total. The van der Waals surface area contributed by atoms with Gasteiger partial charge in [-0.1, -0.05) is 24.3 Å². The molecule has 4 heteroatoms. The van der Waals surface area contributed by atoms with Crippen molar-refractivity contribution in [2.24, 2.45) is 7.05 Å². The molecular formula is C16H17N3O. The highest BCUT2D eigenvalue weighted by Crippen LogP contribution is 2.31. The van der Waals surface area contributed by atoms with Crippen LogP contribution in [0.25, 0.3) is 10.8 Å². The summed E-state index contributed by atoms with van der Waals surface area (Å²) < 4.78 is 1.86. The fraction of sp³-hybridized carbons (Fsp3) is 0.188. The smallest absolute Gasteiger partial charge is 0.123 e. The molecule has 0 fully saturated rings. The first-order valence-electron chi connectivity index (χ1n) is 6.62. The maximum atomic E-state index is 9.92. The standard InChI is InChI=1S/C16H17N3O/c1-11(15-9-10-17-19(15)2)18-14-7-3-6-13-12(14)5-4-8-16(13)20/h3-11,18,20H,1-2H3. The minimum absolute atomic E-state index is 0.135. The van der Waals surface area contributed by atoms with Crippen LogP contribution in [0.4, 0.5) is 5.69 Å². The van der Waals surface area contributed by atoms with E-state index >= 15 is 0 Å². The first-order valence-corrected chi connectivity index (χ1v) is 6.62. The van der Waals surface area contributed by atoms with Gasteiger partial charge in [0, 0.05) is 29.7 Å². The van der Waals surface area contributed by atoms with E-state index in [-0.39, 0.29) is 6.04 Å². The van der Waals surface area contributed by atoms with Crippen LogP contribution in [-0.4, -0.2) is 14.9 Å². The fourth-order valence-electron chi connectivity index (χ4n) is 2.54. The molecule has 0 saturated carbocycles. The van der Waals surface area contributed by atoms with Gasteiger partial charge in [0.25, 0.3) is 0 Å². The Kier molecular flexibility index (Phi) is 3.06. The summed E-state index contributed by atoms with van der Waals surface area (Å²) in [4.78, 5) is 0. The predicted molar refractivity (Wildman–Crippen MR) is 80.9 cm³/mol. The summed E-state index contributed by atoms with van der Waals surface area (Å²) in [6.45, 7) is 2.10. The monoisotopic (exact) mass is 267 g/mol. The van der Waals surface area contributed by atoms with E-state index in [4.69, 9.17) is 0 Å². The van der Waals surface area contributed by atoms with Crippen molar-refractivity contribution < 1.29 is 5.11 Å². The number of aromatic hydroxyl groups is 1. The van der Waals surface area contributed by atoms with E-state index in [1.807, 2.05) is 48.1 Å². The zero-order chi connectivity index (χ0) is 14.1. The zero-order valence-electron chi connectivity index (χ0n) is 11.5. The molecule has 3 rings (SSSR count). The number of aryl methyl sites for hydroxylation is 1. The van der Waals surface area contributed by atoms with Crippen molar-refractivity contribution in [3.63, 3.8) is 0 Å². The van der Waals surface area contributed by atoms with Gasteiger partial charge in [-0.05, 0) is 25.1 Å². The van der Waals surface area contributed by atoms with Crippen LogP contribution in [0.2, 0.25) is 0 Å². The van der Waals surface area contributed by atoms with Crippen LogP contribution in [0.5, 0.6) is 5.75 Å². The molecule has 0 aliphatic carbocycles. The first kappa shape index (κ1) is 12.5. The molecule has 1 unspecified atom stereocenters. The number of aromatic nitrogens is 2. The summed E-state index contributed by atoms with van der Waals surface area (Å²) in [5, 5.41) is 19.5. The number of nitrogens with one attached hydrogen (secondary N) is 1. The van der Waals surface area contributed by atoms with Crippen LogP contribution in [0, 0.1) is 0 Å². The molecule has 0 saturated heterocycles. The zero-order valence-corrected chi connectivity index (χ0v) is 11.5. The van der Waals surface area contributed by atoms with Crippen molar-refractivity contribution in [2.75, 3.05) is 5.32 Å². The Morgan fingerprint density at radius 1 is 1.10 bits per heavy atom. The highest BCUT2D eigenvalue weighted by atomic mass is 16.3. The molecule has 102 valence electrons. The Hall–Kier alpha value is -2.49. The van der Waals surface area contributed by atoms with Crippen molar-refractivity contribution in [1.82, 2.24) is 9.78 Å².